The zero-order chi connectivity index (χ0) is 30.7. The first-order valence-electron chi connectivity index (χ1n) is 12.1. The fourth-order valence-corrected chi connectivity index (χ4v) is 2.96. The van der Waals surface area contributed by atoms with Crippen molar-refractivity contribution in [1.82, 2.24) is 0 Å². The van der Waals surface area contributed by atoms with E-state index in [-0.39, 0.29) is 65.6 Å². The van der Waals surface area contributed by atoms with Gasteiger partial charge in [-0.05, 0) is 56.2 Å². The van der Waals surface area contributed by atoms with Gasteiger partial charge in [0.25, 0.3) is 0 Å². The average molecular weight is 569 g/mol. The summed E-state index contributed by atoms with van der Waals surface area (Å²) in [6, 6.07) is 7.76. The van der Waals surface area contributed by atoms with Crippen molar-refractivity contribution in [1.29, 1.82) is 0 Å². The molecule has 0 N–H and O–H groups in total. The second kappa shape index (κ2) is 14.9. The van der Waals surface area contributed by atoms with Crippen molar-refractivity contribution in [2.45, 2.75) is 20.8 Å². The Labute approximate surface area is 236 Å². The van der Waals surface area contributed by atoms with E-state index in [0.717, 1.165) is 6.07 Å². The molecule has 0 radical (unpaired) electrons. The van der Waals surface area contributed by atoms with Gasteiger partial charge >= 0.3 is 29.8 Å². The fourth-order valence-electron chi connectivity index (χ4n) is 2.96. The number of halogens is 1. The number of esters is 5. The lowest BCUT2D eigenvalue weighted by molar-refractivity contribution is -0.140. The van der Waals surface area contributed by atoms with Crippen LogP contribution in [0.15, 0.2) is 72.9 Å². The second-order valence-electron chi connectivity index (χ2n) is 8.68. The van der Waals surface area contributed by atoms with Crippen LogP contribution in [0.4, 0.5) is 4.39 Å². The maximum absolute atomic E-state index is 14.7. The zero-order valence-electron chi connectivity index (χ0n) is 22.9. The summed E-state index contributed by atoms with van der Waals surface area (Å²) in [6.45, 7) is 13.5. The number of rotatable bonds is 13. The number of ether oxygens (including phenoxy) is 5. The fraction of sp³-hybridized carbons (Fsp3) is 0.233. The number of hydrogen-bond donors (Lipinski definition) is 0. The third kappa shape index (κ3) is 9.57. The Morgan fingerprint density at radius 1 is 0.610 bits per heavy atom. The lowest BCUT2D eigenvalue weighted by Gasteiger charge is -2.13. The van der Waals surface area contributed by atoms with Crippen LogP contribution >= 0.6 is 0 Å². The van der Waals surface area contributed by atoms with E-state index in [9.17, 15) is 28.4 Å². The van der Waals surface area contributed by atoms with E-state index in [0.29, 0.717) is 5.56 Å². The predicted molar refractivity (Wildman–Crippen MR) is 144 cm³/mol. The highest BCUT2D eigenvalue weighted by molar-refractivity contribution is 6.04. The van der Waals surface area contributed by atoms with Crippen LogP contribution in [0.5, 0.6) is 5.75 Å². The van der Waals surface area contributed by atoms with Gasteiger partial charge in [0, 0.05) is 16.7 Å². The van der Waals surface area contributed by atoms with Gasteiger partial charge in [-0.15, -0.1) is 0 Å². The highest BCUT2D eigenvalue weighted by Crippen LogP contribution is 2.28. The van der Waals surface area contributed by atoms with Crippen LogP contribution in [0.3, 0.4) is 0 Å². The van der Waals surface area contributed by atoms with Gasteiger partial charge in [0.05, 0.1) is 11.1 Å². The van der Waals surface area contributed by atoms with Crippen molar-refractivity contribution in [3.63, 3.8) is 0 Å². The van der Waals surface area contributed by atoms with Gasteiger partial charge in [-0.3, -0.25) is 0 Å². The zero-order valence-corrected chi connectivity index (χ0v) is 22.9. The molecule has 0 fully saturated rings. The van der Waals surface area contributed by atoms with Crippen molar-refractivity contribution in [3.05, 3.63) is 89.8 Å². The highest BCUT2D eigenvalue weighted by atomic mass is 19.1. The van der Waals surface area contributed by atoms with Gasteiger partial charge in [-0.25, -0.2) is 28.4 Å². The van der Waals surface area contributed by atoms with Crippen molar-refractivity contribution in [2.75, 3.05) is 26.4 Å². The molecule has 41 heavy (non-hydrogen) atoms. The smallest absolute Gasteiger partial charge is 0.339 e. The van der Waals surface area contributed by atoms with Crippen LogP contribution in [-0.4, -0.2) is 56.3 Å². The first-order chi connectivity index (χ1) is 19.3. The summed E-state index contributed by atoms with van der Waals surface area (Å²) in [5, 5.41) is 0. The molecule has 0 saturated heterocycles. The van der Waals surface area contributed by atoms with E-state index in [1.165, 1.54) is 51.1 Å². The first kappa shape index (κ1) is 32.2. The Kier molecular flexibility index (Phi) is 11.7. The largest absolute Gasteiger partial charge is 0.459 e. The Balaban J connectivity index is 2.29. The van der Waals surface area contributed by atoms with Gasteiger partial charge in [0.15, 0.2) is 11.6 Å². The molecule has 2 aromatic rings. The van der Waals surface area contributed by atoms with Crippen molar-refractivity contribution in [2.24, 2.45) is 0 Å². The molecular formula is C30H29FO10. The molecule has 0 bridgehead atoms. The Morgan fingerprint density at radius 2 is 1.05 bits per heavy atom. The van der Waals surface area contributed by atoms with Crippen LogP contribution in [0.1, 0.15) is 41.5 Å². The van der Waals surface area contributed by atoms with Gasteiger partial charge in [0.2, 0.25) is 0 Å². The molecule has 0 unspecified atom stereocenters. The molecular weight excluding hydrogens is 539 g/mol. The molecule has 0 heterocycles. The summed E-state index contributed by atoms with van der Waals surface area (Å²) in [5.74, 6) is -5.17. The van der Waals surface area contributed by atoms with E-state index in [2.05, 4.69) is 19.7 Å². The summed E-state index contributed by atoms with van der Waals surface area (Å²) in [6.07, 6.45) is 0. The molecule has 10 nitrogen and oxygen atoms in total. The molecule has 0 aliphatic carbocycles. The molecule has 0 spiro atoms. The van der Waals surface area contributed by atoms with Crippen LogP contribution in [0.2, 0.25) is 0 Å². The second-order valence-corrected chi connectivity index (χ2v) is 8.68. The maximum atomic E-state index is 14.7. The number of hydrogen-bond acceptors (Lipinski definition) is 10. The quantitative estimate of drug-likeness (QED) is 0.112. The van der Waals surface area contributed by atoms with E-state index >= 15 is 0 Å². The van der Waals surface area contributed by atoms with Crippen molar-refractivity contribution >= 4 is 29.8 Å². The lowest BCUT2D eigenvalue weighted by atomic mass is 9.98. The summed E-state index contributed by atoms with van der Waals surface area (Å²) in [7, 11) is 0. The summed E-state index contributed by atoms with van der Waals surface area (Å²) in [5.41, 5.74) is 0.609. The molecule has 2 rings (SSSR count). The Hall–Kier alpha value is -5.06. The number of carbonyl (C=O) groups excluding carboxylic acids is 5. The third-order valence-electron chi connectivity index (χ3n) is 5.07. The van der Waals surface area contributed by atoms with Gasteiger partial charge in [-0.2, -0.15) is 0 Å². The standard InChI is InChI=1S/C30H29FO10/c1-17(2)26(32)37-11-13-39-29(35)22-9-7-20(15-23(22)30(36)40-14-12-38-27(33)18(3)4)21-8-10-25(24(31)16-21)41-28(34)19(5)6/h7-10,15-16H,1,3,5,11-14H2,2,4,6H3. The maximum Gasteiger partial charge on any atom is 0.339 e. The van der Waals surface area contributed by atoms with Crippen LogP contribution < -0.4 is 4.74 Å². The minimum Gasteiger partial charge on any atom is -0.459 e. The van der Waals surface area contributed by atoms with Crippen molar-refractivity contribution < 1.29 is 52.0 Å². The SMILES string of the molecule is C=C(C)C(=O)OCCOC(=O)c1ccc(-c2ccc(OC(=O)C(=C)C)c(F)c2)cc1C(=O)OCCOC(=O)C(=C)C. The average Bonchev–Trinajstić information content (AvgIpc) is 2.93. The number of benzene rings is 2. The third-order valence-corrected chi connectivity index (χ3v) is 5.07. The molecule has 0 atom stereocenters. The minimum atomic E-state index is -0.952. The van der Waals surface area contributed by atoms with E-state index in [4.69, 9.17) is 23.7 Å². The molecule has 216 valence electrons. The topological polar surface area (TPSA) is 132 Å². The predicted octanol–water partition coefficient (Wildman–Crippen LogP) is 4.53. The van der Waals surface area contributed by atoms with Gasteiger partial charge in [0.1, 0.15) is 26.4 Å². The number of carbonyl (C=O) groups is 5. The molecule has 0 aliphatic rings. The Morgan fingerprint density at radius 3 is 1.54 bits per heavy atom. The van der Waals surface area contributed by atoms with Crippen LogP contribution in [0, 0.1) is 5.82 Å². The molecule has 0 saturated carbocycles. The summed E-state index contributed by atoms with van der Waals surface area (Å²) in [4.78, 5) is 60.4. The molecule has 0 aliphatic heterocycles. The summed E-state index contributed by atoms with van der Waals surface area (Å²) < 4.78 is 39.7. The molecule has 11 heteroatoms. The lowest BCUT2D eigenvalue weighted by Crippen LogP contribution is -2.19. The van der Waals surface area contributed by atoms with Crippen LogP contribution in [0.25, 0.3) is 11.1 Å². The molecule has 0 amide bonds. The highest BCUT2D eigenvalue weighted by Gasteiger charge is 2.22. The van der Waals surface area contributed by atoms with E-state index in [1.807, 2.05) is 0 Å². The van der Waals surface area contributed by atoms with E-state index in [1.54, 1.807) is 0 Å². The summed E-state index contributed by atoms with van der Waals surface area (Å²) >= 11 is 0. The molecule has 0 aromatic heterocycles. The minimum absolute atomic E-state index is 0.0856. The van der Waals surface area contributed by atoms with Gasteiger partial charge < -0.3 is 23.7 Å². The monoisotopic (exact) mass is 568 g/mol. The normalized spacial score (nSPS) is 10.1. The van der Waals surface area contributed by atoms with Crippen LogP contribution in [-0.2, 0) is 33.3 Å². The molecule has 2 aromatic carbocycles. The Bertz CT molecular complexity index is 1410. The van der Waals surface area contributed by atoms with E-state index < -0.39 is 35.7 Å². The first-order valence-corrected chi connectivity index (χ1v) is 12.1. The van der Waals surface area contributed by atoms with Crippen molar-refractivity contribution in [3.8, 4) is 16.9 Å². The van der Waals surface area contributed by atoms with Gasteiger partial charge in [-0.1, -0.05) is 31.9 Å².